The highest BCUT2D eigenvalue weighted by Crippen LogP contribution is 2.15. The van der Waals surface area contributed by atoms with Gasteiger partial charge in [0.15, 0.2) is 11.9 Å². The van der Waals surface area contributed by atoms with Crippen molar-refractivity contribution in [2.75, 3.05) is 0 Å². The largest absolute Gasteiger partial charge is 0.454 e. The first-order chi connectivity index (χ1) is 9.61. The van der Waals surface area contributed by atoms with Crippen LogP contribution in [0.15, 0.2) is 29.1 Å². The van der Waals surface area contributed by atoms with E-state index >= 15 is 0 Å². The number of rotatable bonds is 5. The summed E-state index contributed by atoms with van der Waals surface area (Å²) in [4.78, 5) is 30.5. The molecule has 0 amide bonds. The molecule has 1 atom stereocenters. The zero-order valence-corrected chi connectivity index (χ0v) is 11.7. The highest BCUT2D eigenvalue weighted by Gasteiger charge is 2.15. The summed E-state index contributed by atoms with van der Waals surface area (Å²) in [7, 11) is 0. The number of H-pyrrole nitrogens is 1. The van der Waals surface area contributed by atoms with E-state index in [1.807, 2.05) is 13.0 Å². The number of fused-ring (bicyclic) bond motifs is 1. The lowest BCUT2D eigenvalue weighted by Gasteiger charge is -2.12. The molecule has 1 aromatic carbocycles. The molecule has 0 aliphatic heterocycles. The second-order valence-electron chi connectivity index (χ2n) is 4.70. The molecule has 0 spiro atoms. The summed E-state index contributed by atoms with van der Waals surface area (Å²) in [5.41, 5.74) is 0.379. The van der Waals surface area contributed by atoms with Gasteiger partial charge >= 0.3 is 5.97 Å². The molecule has 2 rings (SSSR count). The van der Waals surface area contributed by atoms with E-state index < -0.39 is 6.10 Å². The number of carbonyl (C=O) groups excluding carboxylic acids is 1. The Bertz CT molecular complexity index is 663. The van der Waals surface area contributed by atoms with Crippen molar-refractivity contribution in [1.82, 2.24) is 9.97 Å². The molecule has 0 bridgehead atoms. The summed E-state index contributed by atoms with van der Waals surface area (Å²) in [6.45, 7) is 3.72. The van der Waals surface area contributed by atoms with Gasteiger partial charge < -0.3 is 9.72 Å². The number of unbranched alkanes of at least 4 members (excludes halogenated alkanes) is 1. The predicted molar refractivity (Wildman–Crippen MR) is 76.4 cm³/mol. The maximum atomic E-state index is 11.9. The van der Waals surface area contributed by atoms with Crippen molar-refractivity contribution in [3.63, 3.8) is 0 Å². The molecule has 20 heavy (non-hydrogen) atoms. The van der Waals surface area contributed by atoms with Gasteiger partial charge in [-0.05, 0) is 25.5 Å². The lowest BCUT2D eigenvalue weighted by atomic mass is 10.2. The van der Waals surface area contributed by atoms with E-state index in [1.54, 1.807) is 25.1 Å². The summed E-state index contributed by atoms with van der Waals surface area (Å²) in [6, 6.07) is 7.08. The molecule has 1 N–H and O–H groups in total. The summed E-state index contributed by atoms with van der Waals surface area (Å²) in [6.07, 6.45) is 1.57. The molecule has 5 heteroatoms. The second kappa shape index (κ2) is 6.32. The maximum Gasteiger partial charge on any atom is 0.306 e. The summed E-state index contributed by atoms with van der Waals surface area (Å²) in [5.74, 6) is 0.105. The van der Waals surface area contributed by atoms with Gasteiger partial charge in [-0.2, -0.15) is 0 Å². The van der Waals surface area contributed by atoms with Gasteiger partial charge in [0.05, 0.1) is 10.9 Å². The summed E-state index contributed by atoms with van der Waals surface area (Å²) < 4.78 is 5.27. The fourth-order valence-electron chi connectivity index (χ4n) is 1.93. The molecule has 1 heterocycles. The first-order valence-electron chi connectivity index (χ1n) is 6.80. The van der Waals surface area contributed by atoms with Crippen LogP contribution in [0.4, 0.5) is 0 Å². The van der Waals surface area contributed by atoms with E-state index in [-0.39, 0.29) is 11.5 Å². The molecular formula is C15H18N2O3. The van der Waals surface area contributed by atoms with E-state index in [2.05, 4.69) is 9.97 Å². The SMILES string of the molecule is CCCCC(=O)O[C@H](C)c1nc2ccccc2c(=O)[nH]1. The Hall–Kier alpha value is -2.17. The first kappa shape index (κ1) is 14.2. The topological polar surface area (TPSA) is 72.0 Å². The Kier molecular flexibility index (Phi) is 4.50. The molecule has 2 aromatic rings. The van der Waals surface area contributed by atoms with Crippen molar-refractivity contribution in [2.24, 2.45) is 0 Å². The van der Waals surface area contributed by atoms with Gasteiger partial charge in [0.25, 0.3) is 5.56 Å². The van der Waals surface area contributed by atoms with Crippen LogP contribution in [0.3, 0.4) is 0 Å². The second-order valence-corrected chi connectivity index (χ2v) is 4.70. The molecule has 106 valence electrons. The Balaban J connectivity index is 2.20. The smallest absolute Gasteiger partial charge is 0.306 e. The van der Waals surface area contributed by atoms with E-state index in [0.717, 1.165) is 12.8 Å². The quantitative estimate of drug-likeness (QED) is 0.851. The number of para-hydroxylation sites is 1. The molecule has 0 fully saturated rings. The van der Waals surface area contributed by atoms with Crippen LogP contribution < -0.4 is 5.56 Å². The third kappa shape index (κ3) is 3.23. The highest BCUT2D eigenvalue weighted by molar-refractivity contribution is 5.77. The third-order valence-corrected chi connectivity index (χ3v) is 3.06. The van der Waals surface area contributed by atoms with Gasteiger partial charge in [-0.25, -0.2) is 4.98 Å². The number of benzene rings is 1. The number of aromatic nitrogens is 2. The number of hydrogen-bond acceptors (Lipinski definition) is 4. The van der Waals surface area contributed by atoms with Gasteiger partial charge in [0, 0.05) is 6.42 Å². The van der Waals surface area contributed by atoms with Gasteiger partial charge in [-0.3, -0.25) is 9.59 Å². The van der Waals surface area contributed by atoms with Crippen molar-refractivity contribution in [1.29, 1.82) is 0 Å². The van der Waals surface area contributed by atoms with Crippen LogP contribution in [-0.2, 0) is 9.53 Å². The molecule has 0 saturated heterocycles. The van der Waals surface area contributed by atoms with Gasteiger partial charge in [0.2, 0.25) is 0 Å². The number of hydrogen-bond donors (Lipinski definition) is 1. The Labute approximate surface area is 117 Å². The van der Waals surface area contributed by atoms with Crippen LogP contribution in [0.25, 0.3) is 10.9 Å². The lowest BCUT2D eigenvalue weighted by Crippen LogP contribution is -2.17. The van der Waals surface area contributed by atoms with E-state index in [4.69, 9.17) is 4.74 Å². The monoisotopic (exact) mass is 274 g/mol. The molecule has 0 aliphatic carbocycles. The normalized spacial score (nSPS) is 12.3. The van der Waals surface area contributed by atoms with Crippen LogP contribution in [-0.4, -0.2) is 15.9 Å². The van der Waals surface area contributed by atoms with Crippen molar-refractivity contribution >= 4 is 16.9 Å². The molecule has 0 unspecified atom stereocenters. The van der Waals surface area contributed by atoms with Crippen LogP contribution in [0.1, 0.15) is 45.0 Å². The molecule has 0 aliphatic rings. The van der Waals surface area contributed by atoms with Crippen LogP contribution in [0, 0.1) is 0 Å². The zero-order chi connectivity index (χ0) is 14.5. The van der Waals surface area contributed by atoms with Crippen molar-refractivity contribution in [2.45, 2.75) is 39.2 Å². The number of esters is 1. The van der Waals surface area contributed by atoms with Crippen molar-refractivity contribution < 1.29 is 9.53 Å². The minimum atomic E-state index is -0.559. The van der Waals surface area contributed by atoms with Gasteiger partial charge in [-0.1, -0.05) is 25.5 Å². The maximum absolute atomic E-state index is 11.9. The average Bonchev–Trinajstić information content (AvgIpc) is 2.45. The van der Waals surface area contributed by atoms with Crippen LogP contribution in [0.5, 0.6) is 0 Å². The number of nitrogens with one attached hydrogen (secondary N) is 1. The standard InChI is InChI=1S/C15H18N2O3/c1-3-4-9-13(18)20-10(2)14-16-12-8-6-5-7-11(12)15(19)17-14/h5-8,10H,3-4,9H2,1-2H3,(H,16,17,19)/t10-/m1/s1. The molecular weight excluding hydrogens is 256 g/mol. The first-order valence-corrected chi connectivity index (χ1v) is 6.80. The van der Waals surface area contributed by atoms with E-state index in [0.29, 0.717) is 23.1 Å². The molecule has 1 aromatic heterocycles. The number of aromatic amines is 1. The van der Waals surface area contributed by atoms with E-state index in [9.17, 15) is 9.59 Å². The van der Waals surface area contributed by atoms with Crippen molar-refractivity contribution in [3.05, 3.63) is 40.4 Å². The van der Waals surface area contributed by atoms with Crippen LogP contribution in [0.2, 0.25) is 0 Å². The lowest BCUT2D eigenvalue weighted by molar-refractivity contribution is -0.149. The zero-order valence-electron chi connectivity index (χ0n) is 11.7. The number of ether oxygens (including phenoxy) is 1. The summed E-state index contributed by atoms with van der Waals surface area (Å²) >= 11 is 0. The third-order valence-electron chi connectivity index (χ3n) is 3.06. The summed E-state index contributed by atoms with van der Waals surface area (Å²) in [5, 5.41) is 0.528. The Morgan fingerprint density at radius 3 is 2.90 bits per heavy atom. The van der Waals surface area contributed by atoms with Crippen LogP contribution >= 0.6 is 0 Å². The minimum absolute atomic E-state index is 0.220. The fraction of sp³-hybridized carbons (Fsp3) is 0.400. The Morgan fingerprint density at radius 2 is 2.15 bits per heavy atom. The number of nitrogens with zero attached hydrogens (tertiary/aromatic N) is 1. The van der Waals surface area contributed by atoms with Gasteiger partial charge in [-0.15, -0.1) is 0 Å². The van der Waals surface area contributed by atoms with Gasteiger partial charge in [0.1, 0.15) is 0 Å². The molecule has 5 nitrogen and oxygen atoms in total. The van der Waals surface area contributed by atoms with Crippen molar-refractivity contribution in [3.8, 4) is 0 Å². The Morgan fingerprint density at radius 1 is 1.40 bits per heavy atom. The number of carbonyl (C=O) groups is 1. The highest BCUT2D eigenvalue weighted by atomic mass is 16.5. The molecule has 0 radical (unpaired) electrons. The average molecular weight is 274 g/mol. The van der Waals surface area contributed by atoms with E-state index in [1.165, 1.54) is 0 Å². The minimum Gasteiger partial charge on any atom is -0.454 e. The predicted octanol–water partition coefficient (Wildman–Crippen LogP) is 2.72. The molecule has 0 saturated carbocycles. The fourth-order valence-corrected chi connectivity index (χ4v) is 1.93.